The molecular formula is C24H41N3Na2O12P2. The van der Waals surface area contributed by atoms with Crippen LogP contribution in [0.3, 0.4) is 0 Å². The van der Waals surface area contributed by atoms with E-state index in [1.807, 2.05) is 0 Å². The van der Waals surface area contributed by atoms with Gasteiger partial charge in [-0.25, -0.2) is 9.11 Å². The average Bonchev–Trinajstić information content (AvgIpc) is 3.15. The maximum atomic E-state index is 12.5. The number of aliphatic hydroxyl groups excluding tert-OH is 2. The van der Waals surface area contributed by atoms with Crippen LogP contribution in [0.4, 0.5) is 5.82 Å². The smallest absolute Gasteiger partial charge is 0.756 e. The van der Waals surface area contributed by atoms with Crippen molar-refractivity contribution in [3.05, 3.63) is 22.7 Å². The van der Waals surface area contributed by atoms with E-state index in [9.17, 15) is 38.7 Å². The maximum Gasteiger partial charge on any atom is 1.00 e. The van der Waals surface area contributed by atoms with E-state index in [1.165, 1.54) is 63.6 Å². The Hall–Kier alpha value is 0.490. The maximum absolute atomic E-state index is 12.5. The summed E-state index contributed by atoms with van der Waals surface area (Å²) in [4.78, 5) is 59.0. The Morgan fingerprint density at radius 1 is 1.00 bits per heavy atom. The van der Waals surface area contributed by atoms with E-state index in [2.05, 4.69) is 26.1 Å². The predicted molar refractivity (Wildman–Crippen MR) is 143 cm³/mol. The van der Waals surface area contributed by atoms with E-state index < -0.39 is 52.5 Å². The summed E-state index contributed by atoms with van der Waals surface area (Å²) in [6.45, 7) is 1.22. The number of nitrogens with zero attached hydrogens (tertiary/aromatic N) is 2. The summed E-state index contributed by atoms with van der Waals surface area (Å²) in [7, 11) is -11.2. The van der Waals surface area contributed by atoms with E-state index in [1.54, 1.807) is 0 Å². The molecule has 2 rings (SSSR count). The van der Waals surface area contributed by atoms with Crippen molar-refractivity contribution in [3.8, 4) is 0 Å². The predicted octanol–water partition coefficient (Wildman–Crippen LogP) is -4.14. The molecule has 236 valence electrons. The molecule has 0 aromatic carbocycles. The summed E-state index contributed by atoms with van der Waals surface area (Å²) in [5.41, 5.74) is -0.934. The standard InChI is InChI=1S/C24H43N3O12P2.2Na/c1-2-3-4-5-6-7-8-9-10-11-12-13-14-20(28)25-19-15-16-27(24(31)26-19)23-22(30)21(29)18(38-23)17-37-41(35,36)39-40(32,33)34;;/h15-16,18,21-23,29-30H,2-14,17H2,1H3,(H,35,36)(H2,32,33,34)(H,25,26,28,31);;/q;2*+1/p-2/t18-,21-,22-,23-;;/m1../s1. The molecule has 0 spiro atoms. The molecule has 0 aliphatic carbocycles. The molecule has 1 saturated heterocycles. The van der Waals surface area contributed by atoms with Crippen molar-refractivity contribution >= 4 is 27.4 Å². The number of rotatable bonds is 20. The van der Waals surface area contributed by atoms with Gasteiger partial charge in [-0.3, -0.25) is 18.5 Å². The van der Waals surface area contributed by atoms with Crippen LogP contribution in [0.15, 0.2) is 17.1 Å². The largest absolute Gasteiger partial charge is 1.00 e. The zero-order valence-electron chi connectivity index (χ0n) is 25.2. The molecule has 0 radical (unpaired) electrons. The molecule has 1 fully saturated rings. The molecule has 2 unspecified atom stereocenters. The van der Waals surface area contributed by atoms with Gasteiger partial charge in [0.1, 0.15) is 24.1 Å². The first-order valence-corrected chi connectivity index (χ1v) is 16.9. The van der Waals surface area contributed by atoms with E-state index in [0.29, 0.717) is 6.42 Å². The molecule has 1 aliphatic heterocycles. The normalized spacial score (nSPS) is 22.6. The second-order valence-corrected chi connectivity index (χ2v) is 12.8. The first-order chi connectivity index (χ1) is 19.3. The van der Waals surface area contributed by atoms with Gasteiger partial charge < -0.3 is 39.5 Å². The summed E-state index contributed by atoms with van der Waals surface area (Å²) in [5, 5.41) is 23.0. The first kappa shape index (κ1) is 43.5. The van der Waals surface area contributed by atoms with Crippen molar-refractivity contribution in [2.75, 3.05) is 11.9 Å². The van der Waals surface area contributed by atoms with Gasteiger partial charge >= 0.3 is 64.8 Å². The van der Waals surface area contributed by atoms with Gasteiger partial charge in [0.05, 0.1) is 6.61 Å². The Kier molecular flexibility index (Phi) is 22.4. The van der Waals surface area contributed by atoms with Crippen LogP contribution >= 0.6 is 15.6 Å². The Balaban J connectivity index is 0.00000882. The quantitative estimate of drug-likeness (QED) is 0.0587. The van der Waals surface area contributed by atoms with E-state index in [4.69, 9.17) is 9.63 Å². The van der Waals surface area contributed by atoms with Crippen LogP contribution in [0.2, 0.25) is 0 Å². The van der Waals surface area contributed by atoms with Crippen molar-refractivity contribution in [2.24, 2.45) is 0 Å². The number of carbonyl (C=O) groups is 1. The monoisotopic (exact) mass is 671 g/mol. The van der Waals surface area contributed by atoms with Crippen LogP contribution in [0.25, 0.3) is 0 Å². The molecule has 0 saturated carbocycles. The molecule has 1 amide bonds. The molecular weight excluding hydrogens is 630 g/mol. The summed E-state index contributed by atoms with van der Waals surface area (Å²) in [5.74, 6) is -0.320. The number of aromatic nitrogens is 2. The number of phosphoric acid groups is 2. The van der Waals surface area contributed by atoms with Gasteiger partial charge in [0.25, 0.3) is 15.6 Å². The summed E-state index contributed by atoms with van der Waals surface area (Å²) >= 11 is 0. The summed E-state index contributed by atoms with van der Waals surface area (Å²) in [6.07, 6.45) is 9.02. The van der Waals surface area contributed by atoms with E-state index >= 15 is 0 Å². The number of carbonyl (C=O) groups excluding carboxylic acids is 1. The Labute approximate surface area is 295 Å². The minimum atomic E-state index is -5.66. The molecule has 6 atom stereocenters. The van der Waals surface area contributed by atoms with Crippen molar-refractivity contribution in [3.63, 3.8) is 0 Å². The fourth-order valence-corrected chi connectivity index (χ4v) is 5.95. The summed E-state index contributed by atoms with van der Waals surface area (Å²) in [6, 6.07) is 1.29. The molecule has 19 heteroatoms. The van der Waals surface area contributed by atoms with Gasteiger partial charge in [0, 0.05) is 12.6 Å². The van der Waals surface area contributed by atoms with Crippen LogP contribution in [-0.2, 0) is 27.5 Å². The molecule has 15 nitrogen and oxygen atoms in total. The number of aliphatic hydroxyl groups is 2. The zero-order chi connectivity index (χ0) is 30.5. The van der Waals surface area contributed by atoms with Gasteiger partial charge in [-0.1, -0.05) is 77.6 Å². The van der Waals surface area contributed by atoms with E-state index in [-0.39, 0.29) is 77.3 Å². The SMILES string of the molecule is CCCCCCCCCCCCCCC(=O)Nc1ccn([C@@H]2O[C@H](COP(=O)([O-])OP(=O)([O-])O)[C@@H](O)[C@H]2O)c(=O)n1.[Na+].[Na+]. The average molecular weight is 672 g/mol. The van der Waals surface area contributed by atoms with Crippen molar-refractivity contribution in [2.45, 2.75) is 115 Å². The minimum Gasteiger partial charge on any atom is -0.756 e. The third kappa shape index (κ3) is 17.3. The molecule has 1 aromatic heterocycles. The Morgan fingerprint density at radius 2 is 1.53 bits per heavy atom. The number of unbranched alkanes of at least 4 members (excludes halogenated alkanes) is 11. The fraction of sp³-hybridized carbons (Fsp3) is 0.792. The molecule has 2 heterocycles. The number of amides is 1. The van der Waals surface area contributed by atoms with Crippen LogP contribution in [0, 0.1) is 0 Å². The topological polar surface area (TPSA) is 233 Å². The Morgan fingerprint density at radius 3 is 2.05 bits per heavy atom. The van der Waals surface area contributed by atoms with Crippen LogP contribution in [0.5, 0.6) is 0 Å². The summed E-state index contributed by atoms with van der Waals surface area (Å²) < 4.78 is 35.9. The van der Waals surface area contributed by atoms with Gasteiger partial charge in [-0.2, -0.15) is 4.98 Å². The second-order valence-electron chi connectivity index (χ2n) is 10.0. The molecule has 1 aromatic rings. The Bertz CT molecular complexity index is 1110. The van der Waals surface area contributed by atoms with Gasteiger partial charge in [-0.05, 0) is 12.5 Å². The minimum absolute atomic E-state index is 0. The first-order valence-electron chi connectivity index (χ1n) is 13.9. The molecule has 1 aliphatic rings. The van der Waals surface area contributed by atoms with Crippen LogP contribution in [0.1, 0.15) is 96.6 Å². The van der Waals surface area contributed by atoms with Crippen molar-refractivity contribution < 1.29 is 112 Å². The van der Waals surface area contributed by atoms with Crippen LogP contribution < -0.4 is 79.9 Å². The third-order valence-electron chi connectivity index (χ3n) is 6.57. The number of ether oxygens (including phenoxy) is 1. The zero-order valence-corrected chi connectivity index (χ0v) is 31.0. The van der Waals surface area contributed by atoms with Gasteiger partial charge in [0.15, 0.2) is 6.23 Å². The van der Waals surface area contributed by atoms with Gasteiger partial charge in [0.2, 0.25) is 5.91 Å². The molecule has 0 bridgehead atoms. The molecule has 43 heavy (non-hydrogen) atoms. The van der Waals surface area contributed by atoms with Gasteiger partial charge in [-0.15, -0.1) is 0 Å². The number of hydrogen-bond acceptors (Lipinski definition) is 12. The number of hydrogen-bond donors (Lipinski definition) is 4. The third-order valence-corrected chi connectivity index (χ3v) is 8.66. The number of nitrogens with one attached hydrogen (secondary N) is 1. The van der Waals surface area contributed by atoms with Crippen LogP contribution in [-0.4, -0.2) is 55.5 Å². The van der Waals surface area contributed by atoms with E-state index in [0.717, 1.165) is 23.8 Å². The number of anilines is 1. The fourth-order valence-electron chi connectivity index (χ4n) is 4.42. The van der Waals surface area contributed by atoms with Crippen molar-refractivity contribution in [1.29, 1.82) is 0 Å². The number of phosphoric ester groups is 1. The molecule has 4 N–H and O–H groups in total. The van der Waals surface area contributed by atoms with Crippen molar-refractivity contribution in [1.82, 2.24) is 9.55 Å². The second kappa shape index (κ2) is 22.1.